The van der Waals surface area contributed by atoms with Gasteiger partial charge in [-0.05, 0) is 36.6 Å². The zero-order valence-electron chi connectivity index (χ0n) is 10.8. The van der Waals surface area contributed by atoms with E-state index < -0.39 is 0 Å². The Balaban J connectivity index is 2.83. The van der Waals surface area contributed by atoms with Gasteiger partial charge in [-0.1, -0.05) is 26.7 Å². The van der Waals surface area contributed by atoms with Crippen molar-refractivity contribution in [3.8, 4) is 0 Å². The molecule has 0 heterocycles. The molecule has 0 spiro atoms. The van der Waals surface area contributed by atoms with E-state index in [1.54, 1.807) is 0 Å². The maximum Gasteiger partial charge on any atom is 0.306 e. The number of ether oxygens (including phenoxy) is 1. The molecule has 0 aromatic heterocycles. The number of carbonyl (C=O) groups excluding carboxylic acids is 1. The number of carbonyl (C=O) groups is 1. The van der Waals surface area contributed by atoms with Gasteiger partial charge in [0, 0.05) is 0 Å². The standard InChI is InChI=1S/C13H25NO2/c1-10(2)11-6-4-5-7-13(11,9-14)8-12(15)16-3/h10-11H,4-9,14H2,1-3H3. The molecule has 1 aliphatic carbocycles. The van der Waals surface area contributed by atoms with Crippen molar-refractivity contribution >= 4 is 5.97 Å². The van der Waals surface area contributed by atoms with Crippen molar-refractivity contribution in [3.05, 3.63) is 0 Å². The van der Waals surface area contributed by atoms with E-state index in [4.69, 9.17) is 10.5 Å². The third-order valence-electron chi connectivity index (χ3n) is 4.16. The van der Waals surface area contributed by atoms with Crippen LogP contribution in [-0.2, 0) is 9.53 Å². The first-order chi connectivity index (χ1) is 7.55. The lowest BCUT2D eigenvalue weighted by atomic mass is 9.61. The predicted octanol–water partition coefficient (Wildman–Crippen LogP) is 2.34. The Labute approximate surface area is 98.7 Å². The van der Waals surface area contributed by atoms with Gasteiger partial charge in [0.15, 0.2) is 0 Å². The SMILES string of the molecule is COC(=O)CC1(CN)CCCCC1C(C)C. The first kappa shape index (κ1) is 13.5. The summed E-state index contributed by atoms with van der Waals surface area (Å²) in [7, 11) is 1.46. The van der Waals surface area contributed by atoms with Crippen LogP contribution in [0.2, 0.25) is 0 Å². The molecule has 94 valence electrons. The lowest BCUT2D eigenvalue weighted by Crippen LogP contribution is -2.44. The number of esters is 1. The van der Waals surface area contributed by atoms with Crippen molar-refractivity contribution < 1.29 is 9.53 Å². The largest absolute Gasteiger partial charge is 0.469 e. The summed E-state index contributed by atoms with van der Waals surface area (Å²) in [6.07, 6.45) is 5.22. The normalized spacial score (nSPS) is 30.4. The van der Waals surface area contributed by atoms with Crippen LogP contribution in [0.4, 0.5) is 0 Å². The lowest BCUT2D eigenvalue weighted by Gasteiger charge is -2.45. The van der Waals surface area contributed by atoms with Crippen LogP contribution in [0.1, 0.15) is 46.0 Å². The summed E-state index contributed by atoms with van der Waals surface area (Å²) in [5.41, 5.74) is 5.95. The summed E-state index contributed by atoms with van der Waals surface area (Å²) in [5.74, 6) is 1.04. The Morgan fingerprint density at radius 1 is 1.50 bits per heavy atom. The quantitative estimate of drug-likeness (QED) is 0.750. The maximum atomic E-state index is 11.5. The summed E-state index contributed by atoms with van der Waals surface area (Å²) < 4.78 is 4.81. The molecule has 0 amide bonds. The summed E-state index contributed by atoms with van der Waals surface area (Å²) in [4.78, 5) is 11.5. The molecular weight excluding hydrogens is 202 g/mol. The molecule has 1 fully saturated rings. The van der Waals surface area contributed by atoms with E-state index in [1.807, 2.05) is 0 Å². The second-order valence-corrected chi connectivity index (χ2v) is 5.42. The topological polar surface area (TPSA) is 52.3 Å². The van der Waals surface area contributed by atoms with Crippen molar-refractivity contribution in [2.45, 2.75) is 46.0 Å². The van der Waals surface area contributed by atoms with E-state index in [-0.39, 0.29) is 11.4 Å². The fourth-order valence-corrected chi connectivity index (χ4v) is 3.28. The monoisotopic (exact) mass is 227 g/mol. The maximum absolute atomic E-state index is 11.5. The van der Waals surface area contributed by atoms with Gasteiger partial charge in [0.05, 0.1) is 13.5 Å². The first-order valence-corrected chi connectivity index (χ1v) is 6.32. The average molecular weight is 227 g/mol. The van der Waals surface area contributed by atoms with Crippen LogP contribution in [0.25, 0.3) is 0 Å². The van der Waals surface area contributed by atoms with Crippen molar-refractivity contribution in [3.63, 3.8) is 0 Å². The van der Waals surface area contributed by atoms with Crippen LogP contribution >= 0.6 is 0 Å². The molecule has 0 aromatic rings. The fraction of sp³-hybridized carbons (Fsp3) is 0.923. The van der Waals surface area contributed by atoms with Gasteiger partial charge in [-0.25, -0.2) is 0 Å². The second kappa shape index (κ2) is 5.67. The predicted molar refractivity (Wildman–Crippen MR) is 64.9 cm³/mol. The molecule has 3 nitrogen and oxygen atoms in total. The summed E-state index contributed by atoms with van der Waals surface area (Å²) in [6, 6.07) is 0. The highest BCUT2D eigenvalue weighted by molar-refractivity contribution is 5.70. The van der Waals surface area contributed by atoms with Gasteiger partial charge in [0.1, 0.15) is 0 Å². The van der Waals surface area contributed by atoms with Crippen molar-refractivity contribution in [1.82, 2.24) is 0 Å². The smallest absolute Gasteiger partial charge is 0.306 e. The summed E-state index contributed by atoms with van der Waals surface area (Å²) >= 11 is 0. The second-order valence-electron chi connectivity index (χ2n) is 5.42. The molecular formula is C13H25NO2. The van der Waals surface area contributed by atoms with Gasteiger partial charge < -0.3 is 10.5 Å². The zero-order valence-corrected chi connectivity index (χ0v) is 10.8. The third kappa shape index (κ3) is 2.76. The lowest BCUT2D eigenvalue weighted by molar-refractivity contribution is -0.145. The molecule has 0 aliphatic heterocycles. The van der Waals surface area contributed by atoms with Crippen LogP contribution < -0.4 is 5.73 Å². The zero-order chi connectivity index (χ0) is 12.2. The number of hydrogen-bond donors (Lipinski definition) is 1. The molecule has 0 aromatic carbocycles. The fourth-order valence-electron chi connectivity index (χ4n) is 3.28. The Hall–Kier alpha value is -0.570. The summed E-state index contributed by atoms with van der Waals surface area (Å²) in [6.45, 7) is 5.07. The van der Waals surface area contributed by atoms with Crippen LogP contribution in [0.15, 0.2) is 0 Å². The molecule has 2 atom stereocenters. The molecule has 2 N–H and O–H groups in total. The highest BCUT2D eigenvalue weighted by Crippen LogP contribution is 2.46. The number of nitrogens with two attached hydrogens (primary N) is 1. The van der Waals surface area contributed by atoms with Crippen molar-refractivity contribution in [2.24, 2.45) is 23.0 Å². The molecule has 16 heavy (non-hydrogen) atoms. The van der Waals surface area contributed by atoms with Crippen molar-refractivity contribution in [1.29, 1.82) is 0 Å². The minimum Gasteiger partial charge on any atom is -0.469 e. The molecule has 3 heteroatoms. The van der Waals surface area contributed by atoms with Gasteiger partial charge in [-0.15, -0.1) is 0 Å². The van der Waals surface area contributed by atoms with Gasteiger partial charge in [0.2, 0.25) is 0 Å². The molecule has 0 radical (unpaired) electrons. The van der Waals surface area contributed by atoms with Crippen molar-refractivity contribution in [2.75, 3.05) is 13.7 Å². The Bertz CT molecular complexity index is 240. The molecule has 1 aliphatic rings. The van der Waals surface area contributed by atoms with E-state index in [0.29, 0.717) is 24.8 Å². The van der Waals surface area contributed by atoms with Gasteiger partial charge in [-0.2, -0.15) is 0 Å². The highest BCUT2D eigenvalue weighted by Gasteiger charge is 2.42. The molecule has 0 saturated heterocycles. The first-order valence-electron chi connectivity index (χ1n) is 6.32. The molecule has 2 unspecified atom stereocenters. The third-order valence-corrected chi connectivity index (χ3v) is 4.16. The molecule has 0 bridgehead atoms. The van der Waals surface area contributed by atoms with E-state index in [9.17, 15) is 4.79 Å². The highest BCUT2D eigenvalue weighted by atomic mass is 16.5. The average Bonchev–Trinajstić information content (AvgIpc) is 2.29. The van der Waals surface area contributed by atoms with E-state index in [0.717, 1.165) is 6.42 Å². The Kier molecular flexibility index (Phi) is 4.78. The van der Waals surface area contributed by atoms with Gasteiger partial charge in [-0.3, -0.25) is 4.79 Å². The summed E-state index contributed by atoms with van der Waals surface area (Å²) in [5, 5.41) is 0. The van der Waals surface area contributed by atoms with E-state index >= 15 is 0 Å². The van der Waals surface area contributed by atoms with E-state index in [2.05, 4.69) is 13.8 Å². The number of methoxy groups -OCH3 is 1. The minimum absolute atomic E-state index is 0.0144. The van der Waals surface area contributed by atoms with E-state index in [1.165, 1.54) is 26.4 Å². The Morgan fingerprint density at radius 2 is 2.19 bits per heavy atom. The van der Waals surface area contributed by atoms with Crippen LogP contribution in [0, 0.1) is 17.3 Å². The molecule has 1 rings (SSSR count). The van der Waals surface area contributed by atoms with Crippen LogP contribution in [0.3, 0.4) is 0 Å². The number of rotatable bonds is 4. The van der Waals surface area contributed by atoms with Crippen LogP contribution in [-0.4, -0.2) is 19.6 Å². The number of hydrogen-bond acceptors (Lipinski definition) is 3. The Morgan fingerprint density at radius 3 is 2.69 bits per heavy atom. The minimum atomic E-state index is -0.113. The van der Waals surface area contributed by atoms with Gasteiger partial charge >= 0.3 is 5.97 Å². The molecule has 1 saturated carbocycles. The van der Waals surface area contributed by atoms with Gasteiger partial charge in [0.25, 0.3) is 0 Å². The van der Waals surface area contributed by atoms with Crippen LogP contribution in [0.5, 0.6) is 0 Å².